The van der Waals surface area contributed by atoms with E-state index in [1.165, 1.54) is 0 Å². The Morgan fingerprint density at radius 1 is 1.16 bits per heavy atom. The average Bonchev–Trinajstić information content (AvgIpc) is 2.42. The van der Waals surface area contributed by atoms with Crippen molar-refractivity contribution in [2.24, 2.45) is 0 Å². The molecule has 19 heavy (non-hydrogen) atoms. The van der Waals surface area contributed by atoms with Crippen molar-refractivity contribution < 1.29 is 4.74 Å². The van der Waals surface area contributed by atoms with Crippen LogP contribution in [0.25, 0.3) is 0 Å². The van der Waals surface area contributed by atoms with Crippen LogP contribution in [-0.4, -0.2) is 35.8 Å². The minimum atomic E-state index is -0.215. The number of aromatic nitrogens is 2. The van der Waals surface area contributed by atoms with E-state index in [2.05, 4.69) is 34.4 Å². The highest BCUT2D eigenvalue weighted by Gasteiger charge is 2.17. The van der Waals surface area contributed by atoms with Crippen LogP contribution in [-0.2, 0) is 11.2 Å². The van der Waals surface area contributed by atoms with Crippen LogP contribution in [0.15, 0.2) is 6.33 Å². The van der Waals surface area contributed by atoms with Gasteiger partial charge < -0.3 is 15.4 Å². The van der Waals surface area contributed by atoms with E-state index in [1.807, 2.05) is 13.8 Å². The van der Waals surface area contributed by atoms with Crippen molar-refractivity contribution in [3.8, 4) is 0 Å². The van der Waals surface area contributed by atoms with Gasteiger partial charge in [-0.05, 0) is 26.7 Å². The zero-order chi connectivity index (χ0) is 14.3. The molecule has 0 amide bonds. The third-order valence-electron chi connectivity index (χ3n) is 3.08. The monoisotopic (exact) mass is 266 g/mol. The topological polar surface area (TPSA) is 59.1 Å². The fourth-order valence-electron chi connectivity index (χ4n) is 1.66. The van der Waals surface area contributed by atoms with Gasteiger partial charge in [-0.3, -0.25) is 0 Å². The lowest BCUT2D eigenvalue weighted by atomic mass is 10.1. The maximum absolute atomic E-state index is 5.41. The van der Waals surface area contributed by atoms with Gasteiger partial charge in [0.25, 0.3) is 0 Å². The minimum Gasteiger partial charge on any atom is -0.377 e. The van der Waals surface area contributed by atoms with E-state index in [0.717, 1.165) is 36.6 Å². The Hall–Kier alpha value is -1.36. The molecule has 0 saturated heterocycles. The maximum Gasteiger partial charge on any atom is 0.134 e. The molecule has 1 heterocycles. The van der Waals surface area contributed by atoms with Crippen LogP contribution in [0.3, 0.4) is 0 Å². The van der Waals surface area contributed by atoms with Gasteiger partial charge >= 0.3 is 0 Å². The van der Waals surface area contributed by atoms with E-state index in [9.17, 15) is 0 Å². The highest BCUT2D eigenvalue weighted by molar-refractivity contribution is 5.57. The Kier molecular flexibility index (Phi) is 6.02. The maximum atomic E-state index is 5.41. The lowest BCUT2D eigenvalue weighted by Crippen LogP contribution is -2.32. The van der Waals surface area contributed by atoms with Crippen molar-refractivity contribution in [2.75, 3.05) is 30.8 Å². The quantitative estimate of drug-likeness (QED) is 0.757. The van der Waals surface area contributed by atoms with Gasteiger partial charge in [0.15, 0.2) is 0 Å². The molecule has 1 aromatic rings. The zero-order valence-electron chi connectivity index (χ0n) is 12.7. The molecular weight excluding hydrogens is 240 g/mol. The first-order chi connectivity index (χ1) is 9.04. The van der Waals surface area contributed by atoms with E-state index >= 15 is 0 Å². The SMILES string of the molecule is CCCNc1ncnc(NCC(C)(C)OC)c1CC. The average molecular weight is 266 g/mol. The Labute approximate surface area is 116 Å². The lowest BCUT2D eigenvalue weighted by Gasteiger charge is -2.24. The van der Waals surface area contributed by atoms with Crippen molar-refractivity contribution >= 4 is 11.6 Å². The Balaban J connectivity index is 2.82. The van der Waals surface area contributed by atoms with Gasteiger partial charge in [-0.2, -0.15) is 0 Å². The molecule has 0 fully saturated rings. The number of hydrogen-bond acceptors (Lipinski definition) is 5. The summed E-state index contributed by atoms with van der Waals surface area (Å²) in [6, 6.07) is 0. The number of nitrogens with zero attached hydrogens (tertiary/aromatic N) is 2. The van der Waals surface area contributed by atoms with Gasteiger partial charge in [-0.25, -0.2) is 9.97 Å². The van der Waals surface area contributed by atoms with Crippen molar-refractivity contribution in [3.05, 3.63) is 11.9 Å². The van der Waals surface area contributed by atoms with Crippen molar-refractivity contribution in [1.29, 1.82) is 0 Å². The Bertz CT molecular complexity index is 393. The third-order valence-corrected chi connectivity index (χ3v) is 3.08. The van der Waals surface area contributed by atoms with Crippen molar-refractivity contribution in [1.82, 2.24) is 9.97 Å². The fourth-order valence-corrected chi connectivity index (χ4v) is 1.66. The van der Waals surface area contributed by atoms with Crippen LogP contribution < -0.4 is 10.6 Å². The summed E-state index contributed by atoms with van der Waals surface area (Å²) in [5.41, 5.74) is 0.912. The van der Waals surface area contributed by atoms with Gasteiger partial charge in [-0.1, -0.05) is 13.8 Å². The molecule has 0 spiro atoms. The second-order valence-electron chi connectivity index (χ2n) is 5.15. The van der Waals surface area contributed by atoms with Gasteiger partial charge in [-0.15, -0.1) is 0 Å². The summed E-state index contributed by atoms with van der Waals surface area (Å²) in [7, 11) is 1.72. The first-order valence-electron chi connectivity index (χ1n) is 6.90. The summed E-state index contributed by atoms with van der Waals surface area (Å²) in [6.45, 7) is 9.97. The summed E-state index contributed by atoms with van der Waals surface area (Å²) >= 11 is 0. The molecule has 108 valence electrons. The molecule has 5 heteroatoms. The highest BCUT2D eigenvalue weighted by Crippen LogP contribution is 2.21. The molecule has 0 bridgehead atoms. The molecular formula is C14H26N4O. The molecule has 1 rings (SSSR count). The number of ether oxygens (including phenoxy) is 1. The molecule has 1 aromatic heterocycles. The summed E-state index contributed by atoms with van der Waals surface area (Å²) in [6.07, 6.45) is 3.56. The largest absolute Gasteiger partial charge is 0.377 e. The number of anilines is 2. The highest BCUT2D eigenvalue weighted by atomic mass is 16.5. The van der Waals surface area contributed by atoms with Gasteiger partial charge in [0.05, 0.1) is 5.60 Å². The normalized spacial score (nSPS) is 11.4. The van der Waals surface area contributed by atoms with Crippen LogP contribution in [0, 0.1) is 0 Å². The molecule has 0 aliphatic rings. The summed E-state index contributed by atoms with van der Waals surface area (Å²) in [5.74, 6) is 1.82. The number of rotatable bonds is 8. The van der Waals surface area contributed by atoms with E-state index in [4.69, 9.17) is 4.74 Å². The number of methoxy groups -OCH3 is 1. The molecule has 0 aliphatic carbocycles. The zero-order valence-corrected chi connectivity index (χ0v) is 12.7. The Morgan fingerprint density at radius 2 is 1.79 bits per heavy atom. The number of nitrogens with one attached hydrogen (secondary N) is 2. The van der Waals surface area contributed by atoms with Crippen LogP contribution in [0.4, 0.5) is 11.6 Å². The second-order valence-corrected chi connectivity index (χ2v) is 5.15. The van der Waals surface area contributed by atoms with E-state index in [0.29, 0.717) is 6.54 Å². The Morgan fingerprint density at radius 3 is 2.32 bits per heavy atom. The van der Waals surface area contributed by atoms with E-state index in [1.54, 1.807) is 13.4 Å². The third kappa shape index (κ3) is 4.67. The number of hydrogen-bond donors (Lipinski definition) is 2. The van der Waals surface area contributed by atoms with Crippen molar-refractivity contribution in [2.45, 2.75) is 46.1 Å². The van der Waals surface area contributed by atoms with Gasteiger partial charge in [0.1, 0.15) is 18.0 Å². The predicted molar refractivity (Wildman–Crippen MR) is 79.8 cm³/mol. The fraction of sp³-hybridized carbons (Fsp3) is 0.714. The van der Waals surface area contributed by atoms with Crippen LogP contribution >= 0.6 is 0 Å². The predicted octanol–water partition coefficient (Wildman–Crippen LogP) is 2.70. The summed E-state index contributed by atoms with van der Waals surface area (Å²) in [4.78, 5) is 8.66. The first kappa shape index (κ1) is 15.7. The molecule has 0 aliphatic heterocycles. The molecule has 0 saturated carbocycles. The summed E-state index contributed by atoms with van der Waals surface area (Å²) in [5, 5.41) is 6.70. The first-order valence-corrected chi connectivity index (χ1v) is 6.90. The standard InChI is InChI=1S/C14H26N4O/c1-6-8-15-12-11(7-2)13(18-10-17-12)16-9-14(3,4)19-5/h10H,6-9H2,1-5H3,(H2,15,16,17,18). The van der Waals surface area contributed by atoms with Crippen molar-refractivity contribution in [3.63, 3.8) is 0 Å². The lowest BCUT2D eigenvalue weighted by molar-refractivity contribution is 0.0343. The van der Waals surface area contributed by atoms with Gasteiger partial charge in [0, 0.05) is 25.8 Å². The molecule has 2 N–H and O–H groups in total. The molecule has 0 radical (unpaired) electrons. The molecule has 0 atom stereocenters. The van der Waals surface area contributed by atoms with Crippen LogP contribution in [0.5, 0.6) is 0 Å². The van der Waals surface area contributed by atoms with Crippen LogP contribution in [0.2, 0.25) is 0 Å². The van der Waals surface area contributed by atoms with E-state index < -0.39 is 0 Å². The summed E-state index contributed by atoms with van der Waals surface area (Å²) < 4.78 is 5.41. The smallest absolute Gasteiger partial charge is 0.134 e. The minimum absolute atomic E-state index is 0.215. The molecule has 0 aromatic carbocycles. The molecule has 5 nitrogen and oxygen atoms in total. The van der Waals surface area contributed by atoms with Gasteiger partial charge in [0.2, 0.25) is 0 Å². The van der Waals surface area contributed by atoms with Crippen LogP contribution in [0.1, 0.15) is 39.7 Å². The van der Waals surface area contributed by atoms with E-state index in [-0.39, 0.29) is 5.60 Å². The second kappa shape index (κ2) is 7.28. The molecule has 0 unspecified atom stereocenters.